The Hall–Kier alpha value is -0.910. The zero-order valence-electron chi connectivity index (χ0n) is 9.68. The zero-order valence-corrected chi connectivity index (χ0v) is 10.5. The average Bonchev–Trinajstić information content (AvgIpc) is 2.30. The van der Waals surface area contributed by atoms with Crippen LogP contribution in [0.2, 0.25) is 0 Å². The fourth-order valence-electron chi connectivity index (χ4n) is 1.36. The van der Waals surface area contributed by atoms with Crippen molar-refractivity contribution in [1.82, 2.24) is 4.31 Å². The van der Waals surface area contributed by atoms with Gasteiger partial charge >= 0.3 is 0 Å². The van der Waals surface area contributed by atoms with Gasteiger partial charge in [0.2, 0.25) is 10.0 Å². The molecule has 1 aromatic rings. The molecule has 90 valence electrons. The van der Waals surface area contributed by atoms with E-state index in [4.69, 9.17) is 5.73 Å². The van der Waals surface area contributed by atoms with Gasteiger partial charge < -0.3 is 5.73 Å². The molecular weight excluding hydrogens is 224 g/mol. The molecule has 0 spiro atoms. The first-order chi connectivity index (χ1) is 7.49. The van der Waals surface area contributed by atoms with E-state index in [0.717, 1.165) is 11.1 Å². The van der Waals surface area contributed by atoms with Gasteiger partial charge in [0.05, 0.1) is 5.75 Å². The molecule has 0 radical (unpaired) electrons. The summed E-state index contributed by atoms with van der Waals surface area (Å²) in [4.78, 5) is 0. The molecule has 0 saturated heterocycles. The third kappa shape index (κ3) is 3.30. The van der Waals surface area contributed by atoms with Gasteiger partial charge in [-0.2, -0.15) is 0 Å². The van der Waals surface area contributed by atoms with Crippen LogP contribution >= 0.6 is 0 Å². The number of rotatable bonds is 5. The molecular formula is C11H18N2O2S. The second-order valence-electron chi connectivity index (χ2n) is 3.68. The van der Waals surface area contributed by atoms with E-state index in [1.54, 1.807) is 14.0 Å². The topological polar surface area (TPSA) is 63.4 Å². The summed E-state index contributed by atoms with van der Waals surface area (Å²) in [6, 6.07) is 7.65. The first-order valence-corrected chi connectivity index (χ1v) is 6.82. The van der Waals surface area contributed by atoms with Crippen molar-refractivity contribution in [1.29, 1.82) is 0 Å². The van der Waals surface area contributed by atoms with Gasteiger partial charge in [-0.15, -0.1) is 0 Å². The molecule has 0 heterocycles. The Morgan fingerprint density at radius 1 is 1.19 bits per heavy atom. The maximum absolute atomic E-state index is 11.5. The van der Waals surface area contributed by atoms with Crippen LogP contribution in [0.3, 0.4) is 0 Å². The monoisotopic (exact) mass is 242 g/mol. The molecule has 0 atom stereocenters. The van der Waals surface area contributed by atoms with Crippen LogP contribution in [-0.4, -0.2) is 25.5 Å². The van der Waals surface area contributed by atoms with Gasteiger partial charge in [0.25, 0.3) is 0 Å². The summed E-state index contributed by atoms with van der Waals surface area (Å²) in [6.45, 7) is 2.55. The minimum Gasteiger partial charge on any atom is -0.326 e. The molecule has 0 saturated carbocycles. The van der Waals surface area contributed by atoms with Crippen LogP contribution < -0.4 is 5.73 Å². The molecule has 0 aromatic heterocycles. The third-order valence-corrected chi connectivity index (χ3v) is 4.31. The number of hydrogen-bond acceptors (Lipinski definition) is 3. The van der Waals surface area contributed by atoms with Crippen LogP contribution in [0.15, 0.2) is 24.3 Å². The maximum atomic E-state index is 11.5. The first-order valence-electron chi connectivity index (χ1n) is 5.21. The highest BCUT2D eigenvalue weighted by Gasteiger charge is 2.14. The summed E-state index contributed by atoms with van der Waals surface area (Å²) < 4.78 is 24.4. The molecule has 0 fully saturated rings. The fraction of sp³-hybridized carbons (Fsp3) is 0.455. The quantitative estimate of drug-likeness (QED) is 0.835. The minimum atomic E-state index is -3.10. The molecule has 4 nitrogen and oxygen atoms in total. The van der Waals surface area contributed by atoms with Gasteiger partial charge in [-0.05, 0) is 18.1 Å². The van der Waals surface area contributed by atoms with E-state index in [2.05, 4.69) is 0 Å². The molecule has 0 amide bonds. The first kappa shape index (κ1) is 13.2. The summed E-state index contributed by atoms with van der Waals surface area (Å²) in [5.74, 6) is 0.129. The predicted molar refractivity (Wildman–Crippen MR) is 65.3 cm³/mol. The Kier molecular flexibility index (Phi) is 4.46. The molecule has 1 rings (SSSR count). The van der Waals surface area contributed by atoms with Crippen molar-refractivity contribution in [3.63, 3.8) is 0 Å². The Labute approximate surface area is 97.1 Å². The smallest absolute Gasteiger partial charge is 0.213 e. The van der Waals surface area contributed by atoms with Gasteiger partial charge in [-0.1, -0.05) is 24.3 Å². The molecule has 5 heteroatoms. The lowest BCUT2D eigenvalue weighted by Gasteiger charge is -2.16. The van der Waals surface area contributed by atoms with Crippen LogP contribution in [-0.2, 0) is 23.1 Å². The number of nitrogens with two attached hydrogens (primary N) is 1. The van der Waals surface area contributed by atoms with Crippen molar-refractivity contribution in [3.8, 4) is 0 Å². The van der Waals surface area contributed by atoms with Crippen molar-refractivity contribution in [2.45, 2.75) is 20.0 Å². The number of sulfonamides is 1. The summed E-state index contributed by atoms with van der Waals surface area (Å²) in [6.07, 6.45) is 0. The van der Waals surface area contributed by atoms with E-state index in [-0.39, 0.29) is 5.75 Å². The molecule has 0 aliphatic carbocycles. The van der Waals surface area contributed by atoms with Crippen LogP contribution in [0.1, 0.15) is 18.1 Å². The van der Waals surface area contributed by atoms with Crippen LogP contribution in [0.5, 0.6) is 0 Å². The average molecular weight is 242 g/mol. The Balaban J connectivity index is 2.74. The standard InChI is InChI=1S/C11H18N2O2S/c1-3-16(14,15)13(2)9-11-6-4-10(8-12)5-7-11/h4-7H,3,8-9,12H2,1-2H3. The Bertz CT molecular complexity index is 426. The lowest BCUT2D eigenvalue weighted by atomic mass is 10.1. The van der Waals surface area contributed by atoms with E-state index in [1.807, 2.05) is 24.3 Å². The van der Waals surface area contributed by atoms with E-state index in [0.29, 0.717) is 13.1 Å². The van der Waals surface area contributed by atoms with Gasteiger partial charge in [0.15, 0.2) is 0 Å². The largest absolute Gasteiger partial charge is 0.326 e. The van der Waals surface area contributed by atoms with Crippen molar-refractivity contribution in [2.24, 2.45) is 5.73 Å². The summed E-state index contributed by atoms with van der Waals surface area (Å²) in [5.41, 5.74) is 7.50. The molecule has 0 aliphatic heterocycles. The van der Waals surface area contributed by atoms with Crippen LogP contribution in [0, 0.1) is 0 Å². The normalized spacial score (nSPS) is 12.0. The minimum absolute atomic E-state index is 0.129. The molecule has 0 aliphatic rings. The van der Waals surface area contributed by atoms with E-state index < -0.39 is 10.0 Å². The van der Waals surface area contributed by atoms with Crippen LogP contribution in [0.25, 0.3) is 0 Å². The van der Waals surface area contributed by atoms with Crippen molar-refractivity contribution in [2.75, 3.05) is 12.8 Å². The summed E-state index contributed by atoms with van der Waals surface area (Å²) in [5, 5.41) is 0. The van der Waals surface area contributed by atoms with Crippen molar-refractivity contribution in [3.05, 3.63) is 35.4 Å². The number of nitrogens with zero attached hydrogens (tertiary/aromatic N) is 1. The van der Waals surface area contributed by atoms with Crippen molar-refractivity contribution >= 4 is 10.0 Å². The summed E-state index contributed by atoms with van der Waals surface area (Å²) >= 11 is 0. The van der Waals surface area contributed by atoms with Crippen LogP contribution in [0.4, 0.5) is 0 Å². The van der Waals surface area contributed by atoms with E-state index in [1.165, 1.54) is 4.31 Å². The Morgan fingerprint density at radius 2 is 1.69 bits per heavy atom. The Morgan fingerprint density at radius 3 is 2.12 bits per heavy atom. The molecule has 2 N–H and O–H groups in total. The highest BCUT2D eigenvalue weighted by Crippen LogP contribution is 2.09. The van der Waals surface area contributed by atoms with Gasteiger partial charge in [0.1, 0.15) is 0 Å². The molecule has 16 heavy (non-hydrogen) atoms. The fourth-order valence-corrected chi connectivity index (χ4v) is 2.14. The lowest BCUT2D eigenvalue weighted by molar-refractivity contribution is 0.468. The molecule has 1 aromatic carbocycles. The van der Waals surface area contributed by atoms with E-state index in [9.17, 15) is 8.42 Å². The lowest BCUT2D eigenvalue weighted by Crippen LogP contribution is -2.27. The number of hydrogen-bond donors (Lipinski definition) is 1. The highest BCUT2D eigenvalue weighted by molar-refractivity contribution is 7.89. The van der Waals surface area contributed by atoms with Gasteiger partial charge in [0, 0.05) is 20.1 Å². The number of benzene rings is 1. The van der Waals surface area contributed by atoms with Gasteiger partial charge in [-0.3, -0.25) is 0 Å². The predicted octanol–water partition coefficient (Wildman–Crippen LogP) is 0.927. The van der Waals surface area contributed by atoms with Gasteiger partial charge in [-0.25, -0.2) is 12.7 Å². The third-order valence-electron chi connectivity index (χ3n) is 2.50. The summed E-state index contributed by atoms with van der Waals surface area (Å²) in [7, 11) is -1.51. The second kappa shape index (κ2) is 5.43. The zero-order chi connectivity index (χ0) is 12.2. The highest BCUT2D eigenvalue weighted by atomic mass is 32.2. The molecule has 0 unspecified atom stereocenters. The van der Waals surface area contributed by atoms with Crippen molar-refractivity contribution < 1.29 is 8.42 Å². The maximum Gasteiger partial charge on any atom is 0.213 e. The molecule has 0 bridgehead atoms. The second-order valence-corrected chi connectivity index (χ2v) is 6.04. The van der Waals surface area contributed by atoms with E-state index >= 15 is 0 Å². The SMILES string of the molecule is CCS(=O)(=O)N(C)Cc1ccc(CN)cc1.